The Hall–Kier alpha value is -3.70. The number of hydroxylamine groups is 2. The Morgan fingerprint density at radius 1 is 1.02 bits per heavy atom. The van der Waals surface area contributed by atoms with E-state index in [1.165, 1.54) is 25.3 Å². The minimum atomic E-state index is -4.77. The second-order valence-electron chi connectivity index (χ2n) is 12.6. The zero-order valence-corrected chi connectivity index (χ0v) is 30.5. The molecule has 2 aromatic carbocycles. The van der Waals surface area contributed by atoms with Crippen molar-refractivity contribution in [2.24, 2.45) is 23.7 Å². The van der Waals surface area contributed by atoms with Gasteiger partial charge in [0.05, 0.1) is 45.3 Å². The van der Waals surface area contributed by atoms with Crippen LogP contribution < -0.4 is 10.2 Å². The quantitative estimate of drug-likeness (QED) is 0.140. The van der Waals surface area contributed by atoms with Crippen molar-refractivity contribution in [1.82, 2.24) is 15.1 Å². The molecule has 18 heteroatoms. The Morgan fingerprint density at radius 3 is 2.33 bits per heavy atom. The normalized spacial score (nSPS) is 27.3. The Morgan fingerprint density at radius 2 is 1.71 bits per heavy atom. The Labute approximate surface area is 313 Å². The van der Waals surface area contributed by atoms with E-state index in [2.05, 4.69) is 42.3 Å². The second kappa shape index (κ2) is 12.5. The summed E-state index contributed by atoms with van der Waals surface area (Å²) >= 11 is 19.4. The summed E-state index contributed by atoms with van der Waals surface area (Å²) in [6.45, 7) is 0. The molecule has 2 saturated heterocycles. The number of carbonyl (C=O) groups is 4. The molecule has 1 saturated carbocycles. The number of ether oxygens (including phenoxy) is 1. The molecule has 3 N–H and O–H groups in total. The number of hydrogen-bond donors (Lipinski definition) is 3. The van der Waals surface area contributed by atoms with Crippen LogP contribution in [0.25, 0.3) is 0 Å². The fourth-order valence-corrected chi connectivity index (χ4v) is 9.38. The highest BCUT2D eigenvalue weighted by molar-refractivity contribution is 9.13. The molecule has 2 aliphatic carbocycles. The van der Waals surface area contributed by atoms with Crippen molar-refractivity contribution in [3.63, 3.8) is 0 Å². The summed E-state index contributed by atoms with van der Waals surface area (Å²) in [4.78, 5) is 60.1. The number of hydrogen-bond acceptors (Lipinski definition) is 9. The van der Waals surface area contributed by atoms with Crippen LogP contribution in [0.4, 0.5) is 19.0 Å². The van der Waals surface area contributed by atoms with Gasteiger partial charge in [-0.3, -0.25) is 29.8 Å². The summed E-state index contributed by atoms with van der Waals surface area (Å²) in [5, 5.41) is 21.8. The molecule has 3 aromatic rings. The Balaban J connectivity index is 1.49. The molecular weight excluding hydrogens is 852 g/mol. The number of aromatic hydroxyl groups is 1. The van der Waals surface area contributed by atoms with Crippen LogP contribution in [0, 0.1) is 23.7 Å². The molecule has 266 valence electrons. The Kier molecular flexibility index (Phi) is 8.72. The van der Waals surface area contributed by atoms with E-state index in [9.17, 15) is 37.9 Å². The highest BCUT2D eigenvalue weighted by Crippen LogP contribution is 2.65. The van der Waals surface area contributed by atoms with E-state index in [1.54, 1.807) is 18.2 Å². The molecule has 6 unspecified atom stereocenters. The number of phenols is 1. The zero-order chi connectivity index (χ0) is 36.9. The molecule has 51 heavy (non-hydrogen) atoms. The predicted octanol–water partition coefficient (Wildman–Crippen LogP) is 7.02. The van der Waals surface area contributed by atoms with Gasteiger partial charge in [-0.2, -0.15) is 23.2 Å². The molecule has 0 radical (unpaired) electrons. The van der Waals surface area contributed by atoms with E-state index in [1.807, 2.05) is 0 Å². The topological polar surface area (TPSA) is 149 Å². The average molecular weight is 875 g/mol. The second-order valence-corrected chi connectivity index (χ2v) is 15.0. The molecule has 7 rings (SSSR count). The van der Waals surface area contributed by atoms with Gasteiger partial charge in [-0.15, -0.1) is 0 Å². The minimum Gasteiger partial charge on any atom is -0.503 e. The molecule has 3 fully saturated rings. The number of phenolic OH excluding ortho intramolecular Hbond substituents is 1. The first-order chi connectivity index (χ1) is 24.0. The van der Waals surface area contributed by atoms with Crippen LogP contribution in [0.2, 0.25) is 10.0 Å². The average Bonchev–Trinajstić information content (AvgIpc) is 3.44. The van der Waals surface area contributed by atoms with Gasteiger partial charge in [-0.1, -0.05) is 47.0 Å². The SMILES string of the molecule is COc1cc(C2C3=CCC4C(=O)N(O)C(=O)C4C3CC3C(=O)N(Nc4ncc(C(F)(F)F)cc4Cl)C(=O)C32c2ccc(Cl)cc2)c(Br)c(Br)c1O. The van der Waals surface area contributed by atoms with E-state index < -0.39 is 81.2 Å². The molecule has 0 spiro atoms. The lowest BCUT2D eigenvalue weighted by atomic mass is 9.49. The maximum absolute atomic E-state index is 15.2. The maximum atomic E-state index is 15.2. The number of carbonyl (C=O) groups excluding carboxylic acids is 4. The third kappa shape index (κ3) is 5.19. The number of fused-ring (bicyclic) bond motifs is 4. The van der Waals surface area contributed by atoms with Gasteiger partial charge < -0.3 is 9.84 Å². The third-order valence-corrected chi connectivity index (χ3v) is 12.9. The van der Waals surface area contributed by atoms with E-state index in [4.69, 9.17) is 27.9 Å². The van der Waals surface area contributed by atoms with Gasteiger partial charge in [0.1, 0.15) is 0 Å². The first-order valence-corrected chi connectivity index (χ1v) is 17.5. The molecular formula is C33H23Br2Cl2F3N4O7. The number of alkyl halides is 3. The van der Waals surface area contributed by atoms with Crippen LogP contribution >= 0.6 is 55.1 Å². The van der Waals surface area contributed by atoms with Crippen molar-refractivity contribution < 1.29 is 47.4 Å². The highest BCUT2D eigenvalue weighted by Gasteiger charge is 2.70. The van der Waals surface area contributed by atoms with Crippen LogP contribution in [0.1, 0.15) is 35.4 Å². The summed E-state index contributed by atoms with van der Waals surface area (Å²) in [6.07, 6.45) is -2.66. The number of methoxy groups -OCH3 is 1. The van der Waals surface area contributed by atoms with Gasteiger partial charge in [0, 0.05) is 21.6 Å². The summed E-state index contributed by atoms with van der Waals surface area (Å²) < 4.78 is 46.1. The number of allylic oxidation sites excluding steroid dienone is 2. The largest absolute Gasteiger partial charge is 0.503 e. The summed E-state index contributed by atoms with van der Waals surface area (Å²) in [5.41, 5.74) is 0.740. The van der Waals surface area contributed by atoms with E-state index in [0.29, 0.717) is 39.0 Å². The van der Waals surface area contributed by atoms with Crippen molar-refractivity contribution >= 4 is 84.5 Å². The van der Waals surface area contributed by atoms with Gasteiger partial charge >= 0.3 is 6.18 Å². The Bertz CT molecular complexity index is 2090. The third-order valence-electron chi connectivity index (χ3n) is 10.2. The van der Waals surface area contributed by atoms with Crippen molar-refractivity contribution in [3.8, 4) is 11.5 Å². The van der Waals surface area contributed by atoms with Crippen molar-refractivity contribution in [2.75, 3.05) is 12.5 Å². The number of aromatic nitrogens is 1. The number of benzene rings is 2. The van der Waals surface area contributed by atoms with Crippen LogP contribution in [0.15, 0.2) is 63.2 Å². The van der Waals surface area contributed by atoms with Crippen molar-refractivity contribution in [1.29, 1.82) is 0 Å². The van der Waals surface area contributed by atoms with E-state index in [0.717, 1.165) is 0 Å². The molecule has 4 amide bonds. The van der Waals surface area contributed by atoms with Gasteiger partial charge in [-0.05, 0) is 86.0 Å². The van der Waals surface area contributed by atoms with Gasteiger partial charge in [0.25, 0.3) is 23.6 Å². The van der Waals surface area contributed by atoms with Gasteiger partial charge in [0.2, 0.25) is 0 Å². The number of pyridine rings is 1. The number of hydrazine groups is 1. The predicted molar refractivity (Wildman–Crippen MR) is 181 cm³/mol. The summed E-state index contributed by atoms with van der Waals surface area (Å²) in [5.74, 6) is -9.23. The number of amides is 4. The number of nitrogens with zero attached hydrogens (tertiary/aromatic N) is 3. The standard InChI is InChI=1S/C33H23Br2Cl2F3N4O7/c1-51-21-10-18(24(34)25(35)26(21)45)23-15-6-7-16-22(30(48)44(50)28(16)46)17(15)9-19-29(47)43(31(49)32(19,23)12-2-4-14(36)5-3-12)42-27-20(37)8-13(11-41-27)33(38,39)40/h2-6,8,10-11,16-17,19,22-23,45,50H,7,9H2,1H3,(H,41,42). The number of halogens is 7. The highest BCUT2D eigenvalue weighted by atomic mass is 79.9. The van der Waals surface area contributed by atoms with Gasteiger partial charge in [-0.25, -0.2) is 4.98 Å². The van der Waals surface area contributed by atoms with E-state index in [-0.39, 0.29) is 38.3 Å². The molecule has 3 heterocycles. The monoisotopic (exact) mass is 872 g/mol. The van der Waals surface area contributed by atoms with Gasteiger partial charge in [0.15, 0.2) is 17.3 Å². The fraction of sp³-hybridized carbons (Fsp3) is 0.303. The first-order valence-electron chi connectivity index (χ1n) is 15.2. The molecule has 11 nitrogen and oxygen atoms in total. The number of anilines is 1. The number of rotatable bonds is 5. The lowest BCUT2D eigenvalue weighted by molar-refractivity contribution is -0.173. The van der Waals surface area contributed by atoms with E-state index >= 15 is 4.79 Å². The number of imide groups is 2. The van der Waals surface area contributed by atoms with Crippen LogP contribution in [-0.2, 0) is 30.8 Å². The summed E-state index contributed by atoms with van der Waals surface area (Å²) in [6, 6.07) is 8.31. The minimum absolute atomic E-state index is 0.000402. The molecule has 6 atom stereocenters. The fourth-order valence-electron chi connectivity index (χ4n) is 8.09. The molecule has 2 aliphatic heterocycles. The maximum Gasteiger partial charge on any atom is 0.417 e. The van der Waals surface area contributed by atoms with Crippen LogP contribution in [-0.4, -0.2) is 56.1 Å². The summed E-state index contributed by atoms with van der Waals surface area (Å²) in [7, 11) is 1.32. The smallest absolute Gasteiger partial charge is 0.417 e. The van der Waals surface area contributed by atoms with Crippen molar-refractivity contribution in [2.45, 2.75) is 30.4 Å². The molecule has 4 aliphatic rings. The lowest BCUT2D eigenvalue weighted by Gasteiger charge is -2.51. The number of nitrogens with one attached hydrogen (secondary N) is 1. The van der Waals surface area contributed by atoms with Crippen molar-refractivity contribution in [3.05, 3.63) is 89.9 Å². The van der Waals surface area contributed by atoms with Crippen LogP contribution in [0.3, 0.4) is 0 Å². The first kappa shape index (κ1) is 35.7. The lowest BCUT2D eigenvalue weighted by Crippen LogP contribution is -2.53. The van der Waals surface area contributed by atoms with Crippen LogP contribution in [0.5, 0.6) is 11.5 Å². The zero-order valence-electron chi connectivity index (χ0n) is 25.8. The molecule has 1 aromatic heterocycles. The molecule has 0 bridgehead atoms.